The van der Waals surface area contributed by atoms with Crippen molar-refractivity contribution in [1.82, 2.24) is 4.98 Å². The van der Waals surface area contributed by atoms with E-state index in [0.29, 0.717) is 31.8 Å². The molecule has 0 radical (unpaired) electrons. The Hall–Kier alpha value is -0.790. The highest BCUT2D eigenvalue weighted by Crippen LogP contribution is 2.34. The topological polar surface area (TPSA) is 85.1 Å². The number of aromatic nitrogens is 1. The number of sulfonamides is 1. The maximum absolute atomic E-state index is 10.9. The molecule has 0 saturated carbocycles. The molecule has 0 bridgehead atoms. The fourth-order valence-corrected chi connectivity index (χ4v) is 2.61. The summed E-state index contributed by atoms with van der Waals surface area (Å²) in [6.07, 6.45) is 0. The van der Waals surface area contributed by atoms with Gasteiger partial charge in [-0.05, 0) is 18.2 Å². The third-order valence-corrected chi connectivity index (χ3v) is 4.39. The van der Waals surface area contributed by atoms with Gasteiger partial charge in [0.1, 0.15) is 5.82 Å². The maximum Gasteiger partial charge on any atom is 0.210 e. The van der Waals surface area contributed by atoms with E-state index in [1.807, 2.05) is 0 Å². The van der Waals surface area contributed by atoms with Crippen LogP contribution in [0.25, 0.3) is 10.9 Å². The van der Waals surface area contributed by atoms with Gasteiger partial charge in [-0.1, -0.05) is 34.8 Å². The van der Waals surface area contributed by atoms with Crippen LogP contribution in [0.5, 0.6) is 0 Å². The van der Waals surface area contributed by atoms with E-state index in [2.05, 4.69) is 10.3 Å². The Balaban J connectivity index is 2.34. The van der Waals surface area contributed by atoms with Crippen LogP contribution in [0.1, 0.15) is 0 Å². The molecule has 0 atom stereocenters. The smallest absolute Gasteiger partial charge is 0.210 e. The Labute approximate surface area is 131 Å². The van der Waals surface area contributed by atoms with Gasteiger partial charge in [0.05, 0.1) is 26.3 Å². The largest absolute Gasteiger partial charge is 0.369 e. The molecular formula is C11H10Cl3N3O2S. The quantitative estimate of drug-likeness (QED) is 0.884. The third kappa shape index (κ3) is 3.65. The first-order chi connectivity index (χ1) is 9.28. The van der Waals surface area contributed by atoms with Gasteiger partial charge in [0, 0.05) is 11.9 Å². The second-order valence-corrected chi connectivity index (χ2v) is 6.97. The molecule has 0 aliphatic rings. The minimum atomic E-state index is -3.53. The number of hydrogen-bond donors (Lipinski definition) is 2. The Morgan fingerprint density at radius 1 is 1.20 bits per heavy atom. The van der Waals surface area contributed by atoms with E-state index in [0.717, 1.165) is 0 Å². The van der Waals surface area contributed by atoms with Gasteiger partial charge in [0.15, 0.2) is 0 Å². The number of rotatable bonds is 4. The molecule has 9 heteroatoms. The molecule has 1 heterocycles. The molecule has 0 fully saturated rings. The van der Waals surface area contributed by atoms with Crippen LogP contribution in [0.2, 0.25) is 15.1 Å². The lowest BCUT2D eigenvalue weighted by atomic mass is 10.2. The summed E-state index contributed by atoms with van der Waals surface area (Å²) in [6, 6.07) is 4.93. The van der Waals surface area contributed by atoms with Crippen LogP contribution in [0, 0.1) is 0 Å². The van der Waals surface area contributed by atoms with Gasteiger partial charge >= 0.3 is 0 Å². The number of primary sulfonamides is 1. The first kappa shape index (κ1) is 15.6. The van der Waals surface area contributed by atoms with E-state index >= 15 is 0 Å². The maximum atomic E-state index is 10.9. The number of nitrogens with two attached hydrogens (primary N) is 1. The molecule has 2 rings (SSSR count). The summed E-state index contributed by atoms with van der Waals surface area (Å²) in [4.78, 5) is 4.27. The molecule has 20 heavy (non-hydrogen) atoms. The average Bonchev–Trinajstić information content (AvgIpc) is 2.33. The number of nitrogens with one attached hydrogen (secondary N) is 1. The van der Waals surface area contributed by atoms with Crippen molar-refractivity contribution in [2.24, 2.45) is 5.14 Å². The van der Waals surface area contributed by atoms with Crippen molar-refractivity contribution in [3.63, 3.8) is 0 Å². The lowest BCUT2D eigenvalue weighted by Gasteiger charge is -2.09. The molecule has 0 saturated heterocycles. The average molecular weight is 355 g/mol. The first-order valence-corrected chi connectivity index (χ1v) is 8.31. The Morgan fingerprint density at radius 2 is 1.90 bits per heavy atom. The van der Waals surface area contributed by atoms with Crippen LogP contribution < -0.4 is 10.5 Å². The molecule has 0 spiro atoms. The van der Waals surface area contributed by atoms with Gasteiger partial charge in [0.25, 0.3) is 0 Å². The van der Waals surface area contributed by atoms with E-state index in [1.54, 1.807) is 18.2 Å². The number of halogens is 3. The van der Waals surface area contributed by atoms with E-state index in [-0.39, 0.29) is 12.3 Å². The van der Waals surface area contributed by atoms with E-state index < -0.39 is 10.0 Å². The summed E-state index contributed by atoms with van der Waals surface area (Å²) >= 11 is 18.1. The van der Waals surface area contributed by atoms with Crippen molar-refractivity contribution in [2.45, 2.75) is 0 Å². The Bertz CT molecular complexity index is 765. The van der Waals surface area contributed by atoms with Crippen molar-refractivity contribution < 1.29 is 8.42 Å². The Kier molecular flexibility index (Phi) is 4.61. The molecular weight excluding hydrogens is 345 g/mol. The predicted octanol–water partition coefficient (Wildman–Crippen LogP) is 2.90. The summed E-state index contributed by atoms with van der Waals surface area (Å²) in [7, 11) is -3.53. The summed E-state index contributed by atoms with van der Waals surface area (Å²) in [6.45, 7) is 0.117. The predicted molar refractivity (Wildman–Crippen MR) is 83.2 cm³/mol. The molecule has 1 aromatic heterocycles. The zero-order valence-corrected chi connectivity index (χ0v) is 13.1. The molecule has 0 amide bonds. The number of fused-ring (bicyclic) bond motifs is 1. The first-order valence-electron chi connectivity index (χ1n) is 5.46. The number of pyridine rings is 1. The van der Waals surface area contributed by atoms with Crippen molar-refractivity contribution in [3.05, 3.63) is 33.3 Å². The van der Waals surface area contributed by atoms with Crippen molar-refractivity contribution in [2.75, 3.05) is 17.6 Å². The number of nitrogens with zero attached hydrogens (tertiary/aromatic N) is 1. The molecule has 0 aliphatic carbocycles. The second-order valence-electron chi connectivity index (χ2n) is 4.04. The number of hydrogen-bond acceptors (Lipinski definition) is 4. The third-order valence-electron chi connectivity index (χ3n) is 2.51. The summed E-state index contributed by atoms with van der Waals surface area (Å²) < 4.78 is 21.7. The van der Waals surface area contributed by atoms with Crippen LogP contribution in [0.3, 0.4) is 0 Å². The van der Waals surface area contributed by atoms with Crippen LogP contribution in [0.4, 0.5) is 5.82 Å². The fraction of sp³-hybridized carbons (Fsp3) is 0.182. The molecule has 108 valence electrons. The molecule has 5 nitrogen and oxygen atoms in total. The summed E-state index contributed by atoms with van der Waals surface area (Å²) in [5.74, 6) is 0.184. The van der Waals surface area contributed by atoms with Gasteiger partial charge in [-0.25, -0.2) is 18.5 Å². The molecule has 0 aliphatic heterocycles. The van der Waals surface area contributed by atoms with E-state index in [4.69, 9.17) is 39.9 Å². The lowest BCUT2D eigenvalue weighted by molar-refractivity contribution is 0.598. The highest BCUT2D eigenvalue weighted by atomic mass is 35.5. The zero-order valence-electron chi connectivity index (χ0n) is 10.0. The van der Waals surface area contributed by atoms with Crippen LogP contribution in [-0.2, 0) is 10.0 Å². The van der Waals surface area contributed by atoms with Crippen molar-refractivity contribution in [3.8, 4) is 0 Å². The number of benzene rings is 1. The number of anilines is 1. The standard InChI is InChI=1S/C11H10Cl3N3O2S/c12-7-2-1-6-8(13)5-9(17-11(6)10(7)14)16-3-4-20(15,18)19/h1-2,5H,3-4H2,(H,16,17)(H2,15,18,19). The SMILES string of the molecule is NS(=O)(=O)CCNc1cc(Cl)c2ccc(Cl)c(Cl)c2n1. The van der Waals surface area contributed by atoms with Crippen LogP contribution >= 0.6 is 34.8 Å². The fourth-order valence-electron chi connectivity index (χ4n) is 1.60. The lowest BCUT2D eigenvalue weighted by Crippen LogP contribution is -2.22. The summed E-state index contributed by atoms with van der Waals surface area (Å²) in [5.41, 5.74) is 0.449. The monoisotopic (exact) mass is 353 g/mol. The van der Waals surface area contributed by atoms with E-state index in [1.165, 1.54) is 0 Å². The normalized spacial score (nSPS) is 11.8. The molecule has 2 aromatic rings. The van der Waals surface area contributed by atoms with E-state index in [9.17, 15) is 8.42 Å². The van der Waals surface area contributed by atoms with Gasteiger partial charge in [-0.2, -0.15) is 0 Å². The molecule has 0 unspecified atom stereocenters. The van der Waals surface area contributed by atoms with Gasteiger partial charge < -0.3 is 5.32 Å². The van der Waals surface area contributed by atoms with Gasteiger partial charge in [-0.3, -0.25) is 0 Å². The van der Waals surface area contributed by atoms with Gasteiger partial charge in [-0.15, -0.1) is 0 Å². The highest BCUT2D eigenvalue weighted by Gasteiger charge is 2.10. The summed E-state index contributed by atoms with van der Waals surface area (Å²) in [5, 5.41) is 9.50. The van der Waals surface area contributed by atoms with Crippen molar-refractivity contribution in [1.29, 1.82) is 0 Å². The molecule has 3 N–H and O–H groups in total. The van der Waals surface area contributed by atoms with Crippen LogP contribution in [-0.4, -0.2) is 25.7 Å². The zero-order chi connectivity index (χ0) is 14.9. The second kappa shape index (κ2) is 5.91. The minimum absolute atomic E-state index is 0.117. The van der Waals surface area contributed by atoms with Crippen molar-refractivity contribution >= 4 is 61.5 Å². The van der Waals surface area contributed by atoms with Gasteiger partial charge in [0.2, 0.25) is 10.0 Å². The molecule has 1 aromatic carbocycles. The highest BCUT2D eigenvalue weighted by molar-refractivity contribution is 7.89. The van der Waals surface area contributed by atoms with Crippen LogP contribution in [0.15, 0.2) is 18.2 Å². The minimum Gasteiger partial charge on any atom is -0.369 e. The Morgan fingerprint density at radius 3 is 2.55 bits per heavy atom.